The predicted octanol–water partition coefficient (Wildman–Crippen LogP) is 2.56. The molecule has 3 rings (SSSR count). The molecule has 1 aliphatic heterocycles. The highest BCUT2D eigenvalue weighted by molar-refractivity contribution is 5.96. The summed E-state index contributed by atoms with van der Waals surface area (Å²) in [5.74, 6) is 0.0231. The number of aromatic nitrogens is 1. The van der Waals surface area contributed by atoms with Gasteiger partial charge in [0.25, 0.3) is 5.91 Å². The highest BCUT2D eigenvalue weighted by Gasteiger charge is 2.25. The molecule has 5 heteroatoms. The molecule has 2 heterocycles. The molecule has 1 amide bonds. The quantitative estimate of drug-likeness (QED) is 0.923. The molecule has 1 fully saturated rings. The maximum Gasteiger partial charge on any atom is 0.255 e. The van der Waals surface area contributed by atoms with Crippen LogP contribution in [0.25, 0.3) is 5.69 Å². The van der Waals surface area contributed by atoms with Crippen molar-refractivity contribution in [1.82, 2.24) is 9.47 Å². The highest BCUT2D eigenvalue weighted by atomic mass is 16.3. The molecule has 124 valence electrons. The Bertz CT molecular complexity index is 791. The summed E-state index contributed by atoms with van der Waals surface area (Å²) in [7, 11) is 0. The van der Waals surface area contributed by atoms with Gasteiger partial charge in [-0.15, -0.1) is 0 Å². The van der Waals surface area contributed by atoms with Crippen LogP contribution in [0.5, 0.6) is 0 Å². The normalized spacial score (nSPS) is 15.3. The van der Waals surface area contributed by atoms with Gasteiger partial charge < -0.3 is 14.6 Å². The number of hydrogen-bond donors (Lipinski definition) is 1. The first kappa shape index (κ1) is 16.3. The minimum atomic E-state index is -0.292. The van der Waals surface area contributed by atoms with Gasteiger partial charge in [-0.3, -0.25) is 4.79 Å². The molecule has 24 heavy (non-hydrogen) atoms. The number of aliphatic hydroxyl groups excluding tert-OH is 1. The molecule has 0 atom stereocenters. The number of likely N-dealkylation sites (tertiary alicyclic amines) is 1. The van der Waals surface area contributed by atoms with Gasteiger partial charge in [0, 0.05) is 30.2 Å². The second-order valence-corrected chi connectivity index (χ2v) is 6.30. The maximum absolute atomic E-state index is 12.8. The first-order chi connectivity index (χ1) is 11.5. The molecule has 1 aromatic carbocycles. The monoisotopic (exact) mass is 323 g/mol. The minimum absolute atomic E-state index is 0.0231. The summed E-state index contributed by atoms with van der Waals surface area (Å²) in [4.78, 5) is 14.6. The third-order valence-corrected chi connectivity index (χ3v) is 4.67. The van der Waals surface area contributed by atoms with E-state index in [-0.39, 0.29) is 12.0 Å². The van der Waals surface area contributed by atoms with Gasteiger partial charge in [-0.05, 0) is 57.0 Å². The number of carbonyl (C=O) groups is 1. The van der Waals surface area contributed by atoms with Crippen LogP contribution in [0.3, 0.4) is 0 Å². The number of rotatable bonds is 2. The van der Waals surface area contributed by atoms with E-state index in [1.807, 2.05) is 41.5 Å². The lowest BCUT2D eigenvalue weighted by molar-refractivity contribution is 0.0546. The Morgan fingerprint density at radius 2 is 1.83 bits per heavy atom. The zero-order valence-electron chi connectivity index (χ0n) is 14.0. The van der Waals surface area contributed by atoms with Crippen molar-refractivity contribution >= 4 is 5.91 Å². The molecule has 0 radical (unpaired) electrons. The van der Waals surface area contributed by atoms with Crippen molar-refractivity contribution < 1.29 is 9.90 Å². The van der Waals surface area contributed by atoms with Crippen LogP contribution < -0.4 is 0 Å². The van der Waals surface area contributed by atoms with Gasteiger partial charge in [-0.2, -0.15) is 5.26 Å². The third kappa shape index (κ3) is 2.93. The number of benzene rings is 1. The zero-order valence-corrected chi connectivity index (χ0v) is 14.0. The molecule has 0 bridgehead atoms. The second-order valence-electron chi connectivity index (χ2n) is 6.30. The number of amides is 1. The minimum Gasteiger partial charge on any atom is -0.393 e. The molecule has 0 spiro atoms. The Labute approximate surface area is 141 Å². The van der Waals surface area contributed by atoms with E-state index in [1.165, 1.54) is 0 Å². The fourth-order valence-electron chi connectivity index (χ4n) is 3.30. The fourth-order valence-corrected chi connectivity index (χ4v) is 3.30. The number of carbonyl (C=O) groups excluding carboxylic acids is 1. The fraction of sp³-hybridized carbons (Fsp3) is 0.368. The average molecular weight is 323 g/mol. The van der Waals surface area contributed by atoms with Crippen molar-refractivity contribution in [3.8, 4) is 11.8 Å². The summed E-state index contributed by atoms with van der Waals surface area (Å²) in [5, 5.41) is 18.5. The van der Waals surface area contributed by atoms with Crippen molar-refractivity contribution in [2.45, 2.75) is 32.8 Å². The van der Waals surface area contributed by atoms with E-state index in [0.29, 0.717) is 37.1 Å². The molecule has 5 nitrogen and oxygen atoms in total. The number of hydrogen-bond acceptors (Lipinski definition) is 3. The van der Waals surface area contributed by atoms with Crippen molar-refractivity contribution in [2.75, 3.05) is 13.1 Å². The largest absolute Gasteiger partial charge is 0.393 e. The summed E-state index contributed by atoms with van der Waals surface area (Å²) in [6.07, 6.45) is 0.986. The Morgan fingerprint density at radius 3 is 2.42 bits per heavy atom. The molecule has 0 saturated carbocycles. The Kier molecular flexibility index (Phi) is 4.41. The standard InChI is InChI=1S/C19H21N3O2/c1-13-11-18(19(24)21-9-7-17(23)8-10-21)14(2)22(13)16-5-3-15(12-20)4-6-16/h3-6,11,17,23H,7-10H2,1-2H3. The summed E-state index contributed by atoms with van der Waals surface area (Å²) < 4.78 is 2.03. The van der Waals surface area contributed by atoms with Gasteiger partial charge >= 0.3 is 0 Å². The van der Waals surface area contributed by atoms with Crippen LogP contribution in [0.1, 0.15) is 40.2 Å². The van der Waals surface area contributed by atoms with Crippen LogP contribution in [-0.2, 0) is 0 Å². The molecular formula is C19H21N3O2. The molecule has 1 aliphatic rings. The molecule has 1 aromatic heterocycles. The topological polar surface area (TPSA) is 69.3 Å². The van der Waals surface area contributed by atoms with E-state index >= 15 is 0 Å². The van der Waals surface area contributed by atoms with Crippen LogP contribution in [0.15, 0.2) is 30.3 Å². The van der Waals surface area contributed by atoms with Crippen LogP contribution in [0.2, 0.25) is 0 Å². The first-order valence-corrected chi connectivity index (χ1v) is 8.18. The highest BCUT2D eigenvalue weighted by Crippen LogP contribution is 2.23. The lowest BCUT2D eigenvalue weighted by Gasteiger charge is -2.29. The van der Waals surface area contributed by atoms with E-state index in [2.05, 4.69) is 6.07 Å². The average Bonchev–Trinajstić information content (AvgIpc) is 2.89. The first-order valence-electron chi connectivity index (χ1n) is 8.18. The van der Waals surface area contributed by atoms with Crippen LogP contribution in [0, 0.1) is 25.2 Å². The molecule has 1 saturated heterocycles. The van der Waals surface area contributed by atoms with Crippen LogP contribution in [0.4, 0.5) is 0 Å². The summed E-state index contributed by atoms with van der Waals surface area (Å²) in [5.41, 5.74) is 4.14. The van der Waals surface area contributed by atoms with Gasteiger partial charge in [0.1, 0.15) is 0 Å². The second kappa shape index (κ2) is 6.50. The van der Waals surface area contributed by atoms with E-state index in [9.17, 15) is 9.90 Å². The van der Waals surface area contributed by atoms with Crippen LogP contribution >= 0.6 is 0 Å². The smallest absolute Gasteiger partial charge is 0.255 e. The molecule has 2 aromatic rings. The zero-order chi connectivity index (χ0) is 17.3. The Balaban J connectivity index is 1.91. The van der Waals surface area contributed by atoms with Crippen molar-refractivity contribution in [3.05, 3.63) is 52.8 Å². The number of piperidine rings is 1. The molecule has 1 N–H and O–H groups in total. The van der Waals surface area contributed by atoms with Crippen LogP contribution in [-0.4, -0.2) is 39.7 Å². The number of nitriles is 1. The lowest BCUT2D eigenvalue weighted by Crippen LogP contribution is -2.40. The van der Waals surface area contributed by atoms with Crippen molar-refractivity contribution in [1.29, 1.82) is 5.26 Å². The SMILES string of the molecule is Cc1cc(C(=O)N2CCC(O)CC2)c(C)n1-c1ccc(C#N)cc1. The maximum atomic E-state index is 12.8. The number of nitrogens with zero attached hydrogens (tertiary/aromatic N) is 3. The van der Waals surface area contributed by atoms with Crippen molar-refractivity contribution in [3.63, 3.8) is 0 Å². The van der Waals surface area contributed by atoms with Gasteiger partial charge in [-0.25, -0.2) is 0 Å². The van der Waals surface area contributed by atoms with Gasteiger partial charge in [0.15, 0.2) is 0 Å². The lowest BCUT2D eigenvalue weighted by atomic mass is 10.1. The third-order valence-electron chi connectivity index (χ3n) is 4.67. The predicted molar refractivity (Wildman–Crippen MR) is 91.1 cm³/mol. The Morgan fingerprint density at radius 1 is 1.21 bits per heavy atom. The van der Waals surface area contributed by atoms with E-state index in [4.69, 9.17) is 5.26 Å². The van der Waals surface area contributed by atoms with E-state index in [1.54, 1.807) is 12.1 Å². The van der Waals surface area contributed by atoms with Gasteiger partial charge in [0.2, 0.25) is 0 Å². The molecular weight excluding hydrogens is 302 g/mol. The molecule has 0 unspecified atom stereocenters. The van der Waals surface area contributed by atoms with Gasteiger partial charge in [-0.1, -0.05) is 0 Å². The van der Waals surface area contributed by atoms with Crippen molar-refractivity contribution in [2.24, 2.45) is 0 Å². The number of aliphatic hydroxyl groups is 1. The summed E-state index contributed by atoms with van der Waals surface area (Å²) in [6.45, 7) is 5.11. The van der Waals surface area contributed by atoms with E-state index in [0.717, 1.165) is 17.1 Å². The van der Waals surface area contributed by atoms with Gasteiger partial charge in [0.05, 0.1) is 23.3 Å². The Hall–Kier alpha value is -2.58. The molecule has 0 aliphatic carbocycles. The van der Waals surface area contributed by atoms with E-state index < -0.39 is 0 Å². The summed E-state index contributed by atoms with van der Waals surface area (Å²) >= 11 is 0. The summed E-state index contributed by atoms with van der Waals surface area (Å²) in [6, 6.07) is 11.4. The number of aryl methyl sites for hydroxylation is 1.